The van der Waals surface area contributed by atoms with E-state index in [4.69, 9.17) is 9.47 Å². The van der Waals surface area contributed by atoms with Gasteiger partial charge in [-0.05, 0) is 31.9 Å². The lowest BCUT2D eigenvalue weighted by Crippen LogP contribution is -2.49. The van der Waals surface area contributed by atoms with Crippen molar-refractivity contribution in [2.45, 2.75) is 31.9 Å². The third kappa shape index (κ3) is 4.07. The summed E-state index contributed by atoms with van der Waals surface area (Å²) < 4.78 is 24.4. The highest BCUT2D eigenvalue weighted by Crippen LogP contribution is 2.25. The summed E-state index contributed by atoms with van der Waals surface area (Å²) in [6.45, 7) is 2.33. The maximum Gasteiger partial charge on any atom is 0.258 e. The molecule has 3 aromatic rings. The average molecular weight is 412 g/mol. The van der Waals surface area contributed by atoms with Crippen LogP contribution in [-0.4, -0.2) is 61.6 Å². The lowest BCUT2D eigenvalue weighted by atomic mass is 10.00. The second-order valence-corrected chi connectivity index (χ2v) is 6.98. The Hall–Kier alpha value is -3.56. The van der Waals surface area contributed by atoms with E-state index in [0.717, 1.165) is 12.8 Å². The number of hydrogen-bond donors (Lipinski definition) is 0. The molecule has 0 aliphatic carbocycles. The number of amides is 1. The summed E-state index contributed by atoms with van der Waals surface area (Å²) in [6.07, 6.45) is 5.55. The summed E-state index contributed by atoms with van der Waals surface area (Å²) in [5, 5.41) is 8.19. The summed E-state index contributed by atoms with van der Waals surface area (Å²) in [6, 6.07) is 5.77. The fraction of sp³-hybridized carbons (Fsp3) is 0.350. The lowest BCUT2D eigenvalue weighted by molar-refractivity contribution is 0.0371. The van der Waals surface area contributed by atoms with Crippen molar-refractivity contribution in [1.82, 2.24) is 29.9 Å². The number of rotatable bonds is 5. The van der Waals surface area contributed by atoms with Crippen molar-refractivity contribution in [3.05, 3.63) is 54.2 Å². The molecule has 9 nitrogen and oxygen atoms in total. The third-order valence-electron chi connectivity index (χ3n) is 4.98. The molecule has 3 aromatic heterocycles. The van der Waals surface area contributed by atoms with Crippen molar-refractivity contribution in [2.24, 2.45) is 0 Å². The molecule has 0 N–H and O–H groups in total. The van der Waals surface area contributed by atoms with Crippen LogP contribution in [0.5, 0.6) is 11.8 Å². The van der Waals surface area contributed by atoms with Crippen LogP contribution >= 0.6 is 0 Å². The quantitative estimate of drug-likeness (QED) is 0.634. The summed E-state index contributed by atoms with van der Waals surface area (Å²) in [7, 11) is 1.50. The van der Waals surface area contributed by atoms with E-state index < -0.39 is 5.82 Å². The van der Waals surface area contributed by atoms with Crippen LogP contribution in [0.1, 0.15) is 30.1 Å². The van der Waals surface area contributed by atoms with E-state index in [0.29, 0.717) is 18.0 Å². The average Bonchev–Trinajstić information content (AvgIpc) is 3.29. The van der Waals surface area contributed by atoms with E-state index >= 15 is 0 Å². The van der Waals surface area contributed by atoms with Gasteiger partial charge in [0.2, 0.25) is 11.8 Å². The van der Waals surface area contributed by atoms with Crippen LogP contribution in [0.2, 0.25) is 0 Å². The molecule has 0 bridgehead atoms. The van der Waals surface area contributed by atoms with Crippen molar-refractivity contribution in [2.75, 3.05) is 13.7 Å². The van der Waals surface area contributed by atoms with Gasteiger partial charge in [0.1, 0.15) is 11.9 Å². The smallest absolute Gasteiger partial charge is 0.258 e. The summed E-state index contributed by atoms with van der Waals surface area (Å²) in [5.41, 5.74) is 0.350. The van der Waals surface area contributed by atoms with E-state index in [9.17, 15) is 9.18 Å². The van der Waals surface area contributed by atoms with E-state index in [-0.39, 0.29) is 29.8 Å². The van der Waals surface area contributed by atoms with Crippen molar-refractivity contribution >= 4 is 5.91 Å². The first-order valence-corrected chi connectivity index (χ1v) is 9.56. The van der Waals surface area contributed by atoms with Crippen LogP contribution < -0.4 is 9.47 Å². The molecule has 0 unspecified atom stereocenters. The molecular weight excluding hydrogens is 391 g/mol. The van der Waals surface area contributed by atoms with Gasteiger partial charge in [-0.2, -0.15) is 15.2 Å². The van der Waals surface area contributed by atoms with Crippen LogP contribution in [0.15, 0.2) is 42.9 Å². The van der Waals surface area contributed by atoms with Crippen molar-refractivity contribution < 1.29 is 18.7 Å². The summed E-state index contributed by atoms with van der Waals surface area (Å²) >= 11 is 0. The molecule has 4 rings (SSSR count). The Morgan fingerprint density at radius 3 is 2.67 bits per heavy atom. The fourth-order valence-corrected chi connectivity index (χ4v) is 3.42. The van der Waals surface area contributed by atoms with E-state index in [1.54, 1.807) is 17.0 Å². The predicted molar refractivity (Wildman–Crippen MR) is 104 cm³/mol. The SMILES string of the molecule is COc1ccc(C(=O)N2C[C@H](Oc3cc(F)ccn3)CC[C@H]2C)c(-n2nccn2)n1. The van der Waals surface area contributed by atoms with Gasteiger partial charge in [0.25, 0.3) is 5.91 Å². The molecule has 10 heteroatoms. The zero-order valence-corrected chi connectivity index (χ0v) is 16.6. The number of ether oxygens (including phenoxy) is 2. The van der Waals surface area contributed by atoms with Crippen molar-refractivity contribution in [3.8, 4) is 17.6 Å². The summed E-state index contributed by atoms with van der Waals surface area (Å²) in [5.74, 6) is 0.202. The highest BCUT2D eigenvalue weighted by atomic mass is 19.1. The van der Waals surface area contributed by atoms with Gasteiger partial charge in [-0.3, -0.25) is 4.79 Å². The van der Waals surface area contributed by atoms with E-state index in [1.165, 1.54) is 42.6 Å². The van der Waals surface area contributed by atoms with Crippen LogP contribution in [0.25, 0.3) is 5.82 Å². The van der Waals surface area contributed by atoms with E-state index in [1.807, 2.05) is 6.92 Å². The molecule has 2 atom stereocenters. The molecule has 1 saturated heterocycles. The number of likely N-dealkylation sites (tertiary alicyclic amines) is 1. The van der Waals surface area contributed by atoms with Gasteiger partial charge >= 0.3 is 0 Å². The number of carbonyl (C=O) groups is 1. The number of methoxy groups -OCH3 is 1. The normalized spacial score (nSPS) is 18.8. The van der Waals surface area contributed by atoms with Gasteiger partial charge < -0.3 is 14.4 Å². The molecule has 1 fully saturated rings. The number of piperidine rings is 1. The van der Waals surface area contributed by atoms with Crippen LogP contribution in [0, 0.1) is 5.82 Å². The Balaban J connectivity index is 1.59. The zero-order valence-electron chi connectivity index (χ0n) is 16.6. The fourth-order valence-electron chi connectivity index (χ4n) is 3.42. The number of carbonyl (C=O) groups excluding carboxylic acids is 1. The minimum atomic E-state index is -0.419. The highest BCUT2D eigenvalue weighted by Gasteiger charge is 2.33. The minimum Gasteiger partial charge on any atom is -0.481 e. The molecule has 1 aliphatic rings. The number of aromatic nitrogens is 5. The van der Waals surface area contributed by atoms with Gasteiger partial charge in [0, 0.05) is 24.4 Å². The summed E-state index contributed by atoms with van der Waals surface area (Å²) in [4.78, 5) is 24.8. The van der Waals surface area contributed by atoms with Crippen LogP contribution in [-0.2, 0) is 0 Å². The Kier molecular flexibility index (Phi) is 5.55. The Morgan fingerprint density at radius 1 is 1.13 bits per heavy atom. The number of halogens is 1. The largest absolute Gasteiger partial charge is 0.481 e. The van der Waals surface area contributed by atoms with Crippen LogP contribution in [0.3, 0.4) is 0 Å². The molecule has 4 heterocycles. The first-order chi connectivity index (χ1) is 14.5. The second kappa shape index (κ2) is 8.44. The Bertz CT molecular complexity index is 1030. The van der Waals surface area contributed by atoms with Gasteiger partial charge in [0.05, 0.1) is 31.6 Å². The number of pyridine rings is 2. The second-order valence-electron chi connectivity index (χ2n) is 6.98. The monoisotopic (exact) mass is 412 g/mol. The maximum atomic E-state index is 13.4. The molecule has 0 saturated carbocycles. The van der Waals surface area contributed by atoms with Gasteiger partial charge in [0.15, 0.2) is 5.82 Å². The molecule has 30 heavy (non-hydrogen) atoms. The highest BCUT2D eigenvalue weighted by molar-refractivity contribution is 5.97. The Morgan fingerprint density at radius 2 is 1.93 bits per heavy atom. The van der Waals surface area contributed by atoms with E-state index in [2.05, 4.69) is 20.2 Å². The van der Waals surface area contributed by atoms with Crippen LogP contribution in [0.4, 0.5) is 4.39 Å². The maximum absolute atomic E-state index is 13.4. The van der Waals surface area contributed by atoms with Gasteiger partial charge in [-0.1, -0.05) is 0 Å². The third-order valence-corrected chi connectivity index (χ3v) is 4.98. The number of hydrogen-bond acceptors (Lipinski definition) is 7. The molecule has 0 radical (unpaired) electrons. The molecule has 1 aliphatic heterocycles. The molecular formula is C20H21FN6O3. The zero-order chi connectivity index (χ0) is 21.1. The topological polar surface area (TPSA) is 95.3 Å². The first-order valence-electron chi connectivity index (χ1n) is 9.56. The standard InChI is InChI=1S/C20H21FN6O3/c1-13-3-4-15(30-18-11-14(21)7-8-22-18)12-26(13)20(28)16-5-6-17(29-2)25-19(16)27-23-9-10-24-27/h5-11,13,15H,3-4,12H2,1-2H3/t13-,15-/m1/s1. The van der Waals surface area contributed by atoms with Gasteiger partial charge in [-0.15, -0.1) is 4.80 Å². The first kappa shape index (κ1) is 19.7. The van der Waals surface area contributed by atoms with Gasteiger partial charge in [-0.25, -0.2) is 9.37 Å². The molecule has 1 amide bonds. The lowest BCUT2D eigenvalue weighted by Gasteiger charge is -2.37. The molecule has 0 aromatic carbocycles. The predicted octanol–water partition coefficient (Wildman–Crippen LogP) is 2.28. The number of nitrogens with zero attached hydrogens (tertiary/aromatic N) is 6. The molecule has 156 valence electrons. The minimum absolute atomic E-state index is 0.00153. The van der Waals surface area contributed by atoms with Crippen molar-refractivity contribution in [3.63, 3.8) is 0 Å². The molecule has 0 spiro atoms. The van der Waals surface area contributed by atoms with Crippen molar-refractivity contribution in [1.29, 1.82) is 0 Å². The Labute approximate surface area is 172 Å².